The first-order valence-electron chi connectivity index (χ1n) is 6.50. The molecule has 1 aromatic carbocycles. The van der Waals surface area contributed by atoms with E-state index in [0.29, 0.717) is 11.3 Å². The van der Waals surface area contributed by atoms with Crippen LogP contribution >= 0.6 is 0 Å². The second-order valence-electron chi connectivity index (χ2n) is 4.87. The third-order valence-electron chi connectivity index (χ3n) is 3.60. The van der Waals surface area contributed by atoms with Crippen LogP contribution in [-0.4, -0.2) is 25.2 Å². The van der Waals surface area contributed by atoms with Gasteiger partial charge in [-0.15, -0.1) is 0 Å². The monoisotopic (exact) mass is 266 g/mol. The molecule has 1 aliphatic rings. The minimum absolute atomic E-state index is 0.0661. The number of ether oxygens (including phenoxy) is 1. The molecule has 0 heterocycles. The lowest BCUT2D eigenvalue weighted by Crippen LogP contribution is -2.38. The minimum Gasteiger partial charge on any atom is -0.379 e. The number of amides is 1. The van der Waals surface area contributed by atoms with Gasteiger partial charge in [-0.05, 0) is 31.0 Å². The highest BCUT2D eigenvalue weighted by molar-refractivity contribution is 5.93. The minimum atomic E-state index is -0.560. The van der Waals surface area contributed by atoms with Crippen molar-refractivity contribution in [2.45, 2.75) is 37.8 Å². The lowest BCUT2D eigenvalue weighted by atomic mass is 9.92. The van der Waals surface area contributed by atoms with E-state index in [1.54, 1.807) is 7.11 Å². The van der Waals surface area contributed by atoms with Gasteiger partial charge in [-0.25, -0.2) is 4.39 Å². The van der Waals surface area contributed by atoms with Gasteiger partial charge in [-0.3, -0.25) is 4.79 Å². The molecule has 0 aromatic heterocycles. The van der Waals surface area contributed by atoms with Gasteiger partial charge >= 0.3 is 0 Å². The number of rotatable bonds is 4. The van der Waals surface area contributed by atoms with Gasteiger partial charge in [-0.1, -0.05) is 12.8 Å². The molecule has 19 heavy (non-hydrogen) atoms. The highest BCUT2D eigenvalue weighted by atomic mass is 19.1. The molecule has 1 amide bonds. The molecule has 0 spiro atoms. The molecule has 2 unspecified atom stereocenters. The smallest absolute Gasteiger partial charge is 0.248 e. The number of nitrogens with one attached hydrogen (secondary N) is 1. The summed E-state index contributed by atoms with van der Waals surface area (Å²) in [6.45, 7) is 0. The Labute approximate surface area is 112 Å². The zero-order chi connectivity index (χ0) is 13.8. The summed E-state index contributed by atoms with van der Waals surface area (Å²) in [5, 5.41) is 3.14. The van der Waals surface area contributed by atoms with Gasteiger partial charge in [0, 0.05) is 12.7 Å². The highest BCUT2D eigenvalue weighted by Crippen LogP contribution is 2.26. The molecule has 2 rings (SSSR count). The van der Waals surface area contributed by atoms with E-state index in [9.17, 15) is 9.18 Å². The Morgan fingerprint density at radius 2 is 2.16 bits per heavy atom. The Morgan fingerprint density at radius 1 is 1.42 bits per heavy atom. The van der Waals surface area contributed by atoms with E-state index in [4.69, 9.17) is 10.5 Å². The number of carbonyl (C=O) groups excluding carboxylic acids is 1. The lowest BCUT2D eigenvalue weighted by molar-refractivity contribution is 0.0605. The van der Waals surface area contributed by atoms with Crippen molar-refractivity contribution in [2.75, 3.05) is 12.4 Å². The molecular weight excluding hydrogens is 247 g/mol. The third kappa shape index (κ3) is 3.23. The first kappa shape index (κ1) is 13.8. The lowest BCUT2D eigenvalue weighted by Gasteiger charge is -2.32. The molecule has 5 heteroatoms. The van der Waals surface area contributed by atoms with Crippen LogP contribution in [0.25, 0.3) is 0 Å². The van der Waals surface area contributed by atoms with Gasteiger partial charge < -0.3 is 15.8 Å². The number of benzene rings is 1. The molecule has 1 aliphatic carbocycles. The van der Waals surface area contributed by atoms with Crippen LogP contribution in [0, 0.1) is 5.82 Å². The average Bonchev–Trinajstić information content (AvgIpc) is 2.41. The van der Waals surface area contributed by atoms with E-state index in [-0.39, 0.29) is 18.0 Å². The summed E-state index contributed by atoms with van der Waals surface area (Å²) in [4.78, 5) is 11.1. The van der Waals surface area contributed by atoms with Crippen molar-refractivity contribution < 1.29 is 13.9 Å². The number of halogens is 1. The maximum absolute atomic E-state index is 13.8. The number of anilines is 1. The largest absolute Gasteiger partial charge is 0.379 e. The van der Waals surface area contributed by atoms with Gasteiger partial charge in [0.2, 0.25) is 5.91 Å². The molecule has 4 nitrogen and oxygen atoms in total. The first-order chi connectivity index (χ1) is 9.11. The second kappa shape index (κ2) is 6.02. The summed E-state index contributed by atoms with van der Waals surface area (Å²) < 4.78 is 19.2. The Hall–Kier alpha value is -1.62. The van der Waals surface area contributed by atoms with Crippen LogP contribution in [0.5, 0.6) is 0 Å². The van der Waals surface area contributed by atoms with Gasteiger partial charge in [0.1, 0.15) is 5.82 Å². The van der Waals surface area contributed by atoms with E-state index in [0.717, 1.165) is 25.7 Å². The summed E-state index contributed by atoms with van der Waals surface area (Å²) in [5.41, 5.74) is 5.82. The van der Waals surface area contributed by atoms with Crippen LogP contribution in [0.15, 0.2) is 18.2 Å². The van der Waals surface area contributed by atoms with Crippen molar-refractivity contribution in [1.29, 1.82) is 0 Å². The van der Waals surface area contributed by atoms with Crippen LogP contribution < -0.4 is 11.1 Å². The van der Waals surface area contributed by atoms with Gasteiger partial charge in [0.15, 0.2) is 0 Å². The number of primary amides is 1. The maximum Gasteiger partial charge on any atom is 0.248 e. The van der Waals surface area contributed by atoms with Crippen LogP contribution in [0.1, 0.15) is 36.0 Å². The topological polar surface area (TPSA) is 64.3 Å². The average molecular weight is 266 g/mol. The van der Waals surface area contributed by atoms with Crippen molar-refractivity contribution in [1.82, 2.24) is 0 Å². The Balaban J connectivity index is 2.17. The Morgan fingerprint density at radius 3 is 2.84 bits per heavy atom. The molecule has 2 atom stereocenters. The van der Waals surface area contributed by atoms with Crippen molar-refractivity contribution in [2.24, 2.45) is 5.73 Å². The maximum atomic E-state index is 13.8. The first-order valence-corrected chi connectivity index (χ1v) is 6.50. The number of carbonyl (C=O) groups is 1. The predicted octanol–water partition coefficient (Wildman–Crippen LogP) is 2.29. The molecule has 0 bridgehead atoms. The molecule has 0 aliphatic heterocycles. The van der Waals surface area contributed by atoms with E-state index in [1.807, 2.05) is 0 Å². The van der Waals surface area contributed by atoms with Crippen molar-refractivity contribution in [3.8, 4) is 0 Å². The predicted molar refractivity (Wildman–Crippen MR) is 71.6 cm³/mol. The van der Waals surface area contributed by atoms with Crippen LogP contribution in [0.4, 0.5) is 10.1 Å². The van der Waals surface area contributed by atoms with Gasteiger partial charge in [0.25, 0.3) is 0 Å². The molecule has 1 aromatic rings. The molecular formula is C14H19FN2O2. The van der Waals surface area contributed by atoms with Gasteiger partial charge in [-0.2, -0.15) is 0 Å². The molecule has 3 N–H and O–H groups in total. The van der Waals surface area contributed by atoms with Gasteiger partial charge in [0.05, 0.1) is 17.8 Å². The quantitative estimate of drug-likeness (QED) is 0.878. The van der Waals surface area contributed by atoms with Crippen LogP contribution in [0.2, 0.25) is 0 Å². The van der Waals surface area contributed by atoms with Crippen molar-refractivity contribution in [3.05, 3.63) is 29.6 Å². The fourth-order valence-corrected chi connectivity index (χ4v) is 2.53. The van der Waals surface area contributed by atoms with Crippen LogP contribution in [-0.2, 0) is 4.74 Å². The number of nitrogens with two attached hydrogens (primary N) is 1. The highest BCUT2D eigenvalue weighted by Gasteiger charge is 2.25. The SMILES string of the molecule is COC1CCCCC1Nc1cc(C(N)=O)ccc1F. The number of hydrogen-bond acceptors (Lipinski definition) is 3. The molecule has 1 saturated carbocycles. The third-order valence-corrected chi connectivity index (χ3v) is 3.60. The summed E-state index contributed by atoms with van der Waals surface area (Å²) in [7, 11) is 1.67. The van der Waals surface area contributed by atoms with Crippen LogP contribution in [0.3, 0.4) is 0 Å². The van der Waals surface area contributed by atoms with Crippen molar-refractivity contribution >= 4 is 11.6 Å². The van der Waals surface area contributed by atoms with E-state index in [1.165, 1.54) is 18.2 Å². The zero-order valence-electron chi connectivity index (χ0n) is 11.0. The van der Waals surface area contributed by atoms with E-state index >= 15 is 0 Å². The molecule has 0 saturated heterocycles. The summed E-state index contributed by atoms with van der Waals surface area (Å²) in [6.07, 6.45) is 4.18. The van der Waals surface area contributed by atoms with E-state index < -0.39 is 5.91 Å². The fraction of sp³-hybridized carbons (Fsp3) is 0.500. The fourth-order valence-electron chi connectivity index (χ4n) is 2.53. The Kier molecular flexibility index (Phi) is 4.37. The molecule has 0 radical (unpaired) electrons. The standard InChI is InChI=1S/C14H19FN2O2/c1-19-13-5-3-2-4-11(13)17-12-8-9(14(16)18)6-7-10(12)15/h6-8,11,13,17H,2-5H2,1H3,(H2,16,18). The zero-order valence-corrected chi connectivity index (χ0v) is 11.0. The molecule has 104 valence electrons. The number of methoxy groups -OCH3 is 1. The molecule has 1 fully saturated rings. The second-order valence-corrected chi connectivity index (χ2v) is 4.87. The summed E-state index contributed by atoms with van der Waals surface area (Å²) in [6, 6.07) is 4.17. The Bertz CT molecular complexity index is 465. The summed E-state index contributed by atoms with van der Waals surface area (Å²) in [5.74, 6) is -0.944. The summed E-state index contributed by atoms with van der Waals surface area (Å²) >= 11 is 0. The van der Waals surface area contributed by atoms with Crippen molar-refractivity contribution in [3.63, 3.8) is 0 Å². The number of hydrogen-bond donors (Lipinski definition) is 2. The van der Waals surface area contributed by atoms with E-state index in [2.05, 4.69) is 5.32 Å². The normalized spacial score (nSPS) is 23.1.